The highest BCUT2D eigenvalue weighted by Gasteiger charge is 2.65. The Balaban J connectivity index is 1.38. The van der Waals surface area contributed by atoms with E-state index in [1.54, 1.807) is 6.07 Å². The van der Waals surface area contributed by atoms with Crippen LogP contribution in [-0.4, -0.2) is 98.9 Å². The maximum atomic E-state index is 11.5. The fourth-order valence-electron chi connectivity index (χ4n) is 6.66. The largest absolute Gasteiger partial charge is 0.504 e. The number of likely N-dealkylation sites (N-methyl/N-ethyl adjacent to an activating group) is 1. The molecule has 6 rings (SSSR count). The number of hydrogen-bond acceptors (Lipinski definition) is 9. The van der Waals surface area contributed by atoms with Crippen molar-refractivity contribution in [2.75, 3.05) is 13.6 Å². The Bertz CT molecular complexity index is 1030. The van der Waals surface area contributed by atoms with Crippen LogP contribution in [0.4, 0.5) is 0 Å². The quantitative estimate of drug-likeness (QED) is 0.359. The van der Waals surface area contributed by atoms with Crippen molar-refractivity contribution in [3.63, 3.8) is 0 Å². The van der Waals surface area contributed by atoms with Crippen LogP contribution in [0.1, 0.15) is 17.5 Å². The van der Waals surface area contributed by atoms with Crippen LogP contribution in [0.25, 0.3) is 0 Å². The average molecular weight is 461 g/mol. The third kappa shape index (κ3) is 2.73. The molecule has 178 valence electrons. The smallest absolute Gasteiger partial charge is 0.335 e. The maximum absolute atomic E-state index is 11.5. The lowest BCUT2D eigenvalue weighted by molar-refractivity contribution is -0.307. The van der Waals surface area contributed by atoms with Crippen molar-refractivity contribution in [3.8, 4) is 11.5 Å². The van der Waals surface area contributed by atoms with Crippen LogP contribution < -0.4 is 4.74 Å². The monoisotopic (exact) mass is 461 g/mol. The Kier molecular flexibility index (Phi) is 4.62. The molecule has 10 atom stereocenters. The van der Waals surface area contributed by atoms with Crippen molar-refractivity contribution < 1.29 is 44.5 Å². The first-order valence-electron chi connectivity index (χ1n) is 11.2. The first kappa shape index (κ1) is 21.3. The number of rotatable bonds is 3. The molecule has 2 saturated heterocycles. The summed E-state index contributed by atoms with van der Waals surface area (Å²) < 4.78 is 17.7. The van der Waals surface area contributed by atoms with Gasteiger partial charge in [0.05, 0.1) is 0 Å². The minimum Gasteiger partial charge on any atom is -0.504 e. The van der Waals surface area contributed by atoms with E-state index in [-0.39, 0.29) is 17.7 Å². The summed E-state index contributed by atoms with van der Waals surface area (Å²) >= 11 is 0. The van der Waals surface area contributed by atoms with Gasteiger partial charge in [0.15, 0.2) is 23.9 Å². The van der Waals surface area contributed by atoms with Crippen molar-refractivity contribution in [2.45, 2.75) is 67.2 Å². The molecular formula is C23H27NO9. The van der Waals surface area contributed by atoms with Gasteiger partial charge in [-0.3, -0.25) is 0 Å². The van der Waals surface area contributed by atoms with Crippen molar-refractivity contribution in [3.05, 3.63) is 35.4 Å². The predicted octanol–water partition coefficient (Wildman–Crippen LogP) is -0.885. The topological polar surface area (TPSA) is 149 Å². The molecule has 2 aliphatic carbocycles. The predicted molar refractivity (Wildman–Crippen MR) is 111 cm³/mol. The second-order valence-electron chi connectivity index (χ2n) is 9.78. The van der Waals surface area contributed by atoms with Gasteiger partial charge in [0.1, 0.15) is 30.5 Å². The maximum Gasteiger partial charge on any atom is 0.335 e. The summed E-state index contributed by atoms with van der Waals surface area (Å²) in [5, 5.41) is 50.5. The number of piperidine rings is 1. The third-order valence-electron chi connectivity index (χ3n) is 8.23. The van der Waals surface area contributed by atoms with Gasteiger partial charge in [-0.25, -0.2) is 4.79 Å². The molecule has 7 unspecified atom stereocenters. The lowest BCUT2D eigenvalue weighted by atomic mass is 9.53. The van der Waals surface area contributed by atoms with Gasteiger partial charge >= 0.3 is 5.97 Å². The number of benzene rings is 1. The van der Waals surface area contributed by atoms with Gasteiger partial charge in [-0.05, 0) is 38.1 Å². The summed E-state index contributed by atoms with van der Waals surface area (Å²) in [5.41, 5.74) is 1.69. The van der Waals surface area contributed by atoms with Crippen LogP contribution in [0, 0.1) is 5.92 Å². The van der Waals surface area contributed by atoms with Crippen LogP contribution in [-0.2, 0) is 26.1 Å². The summed E-state index contributed by atoms with van der Waals surface area (Å²) in [5.74, 6) is -0.824. The minimum atomic E-state index is -1.79. The molecule has 2 fully saturated rings. The van der Waals surface area contributed by atoms with Gasteiger partial charge in [-0.15, -0.1) is 0 Å². The summed E-state index contributed by atoms with van der Waals surface area (Å²) in [4.78, 5) is 13.8. The van der Waals surface area contributed by atoms with Crippen LogP contribution in [0.3, 0.4) is 0 Å². The number of carboxylic acids is 1. The molecule has 5 aliphatic rings. The van der Waals surface area contributed by atoms with Crippen molar-refractivity contribution in [1.29, 1.82) is 0 Å². The first-order chi connectivity index (χ1) is 15.7. The van der Waals surface area contributed by atoms with Gasteiger partial charge in [0.25, 0.3) is 0 Å². The lowest BCUT2D eigenvalue weighted by Gasteiger charge is -2.57. The number of aromatic hydroxyl groups is 1. The Morgan fingerprint density at radius 2 is 1.97 bits per heavy atom. The second kappa shape index (κ2) is 7.14. The van der Waals surface area contributed by atoms with E-state index in [0.29, 0.717) is 5.75 Å². The number of carboxylic acid groups (broad SMARTS) is 1. The molecule has 10 heteroatoms. The Morgan fingerprint density at radius 3 is 2.73 bits per heavy atom. The van der Waals surface area contributed by atoms with Gasteiger partial charge < -0.3 is 44.6 Å². The van der Waals surface area contributed by atoms with E-state index < -0.39 is 54.3 Å². The fourth-order valence-corrected chi connectivity index (χ4v) is 6.66. The third-order valence-corrected chi connectivity index (χ3v) is 8.23. The van der Waals surface area contributed by atoms with E-state index in [1.165, 1.54) is 0 Å². The average Bonchev–Trinajstić information content (AvgIpc) is 3.14. The zero-order chi connectivity index (χ0) is 23.2. The standard InChI is InChI=1S/C23H27NO9/c1-24-7-6-23-10-3-5-13(31-22-17(28)15(26)16(27)19(33-22)21(29)30)20(23)32-18-12(25)4-2-9(14(18)23)8-11(10)24/h2-5,10-11,13,15-17,19-20,22,25-28H,6-8H2,1H3,(H,29,30)/t10?,11?,13-,15?,16?,17?,19?,20-,22?,23-/m0/s1. The van der Waals surface area contributed by atoms with E-state index in [4.69, 9.17) is 14.2 Å². The highest BCUT2D eigenvalue weighted by atomic mass is 16.7. The molecule has 3 aliphatic heterocycles. The summed E-state index contributed by atoms with van der Waals surface area (Å²) in [6.45, 7) is 0.838. The second-order valence-corrected chi connectivity index (χ2v) is 9.78. The van der Waals surface area contributed by atoms with E-state index in [2.05, 4.69) is 18.0 Å². The number of hydrogen-bond donors (Lipinski definition) is 5. The summed E-state index contributed by atoms with van der Waals surface area (Å²) in [6.07, 6.45) is -4.16. The SMILES string of the molecule is CN1CC[C@]23c4c5ccc(O)c4O[C@H]2[C@@H](OC2OC(C(=O)O)C(O)C(O)C2O)C=CC3C1C5. The number of carbonyl (C=O) groups is 1. The number of aliphatic hydroxyl groups is 3. The summed E-state index contributed by atoms with van der Waals surface area (Å²) in [6, 6.07) is 3.85. The summed E-state index contributed by atoms with van der Waals surface area (Å²) in [7, 11) is 2.11. The van der Waals surface area contributed by atoms with Crippen LogP contribution in [0.15, 0.2) is 24.3 Å². The van der Waals surface area contributed by atoms with Crippen molar-refractivity contribution in [2.24, 2.45) is 5.92 Å². The highest BCUT2D eigenvalue weighted by Crippen LogP contribution is 2.62. The number of nitrogens with zero attached hydrogens (tertiary/aromatic N) is 1. The van der Waals surface area contributed by atoms with E-state index >= 15 is 0 Å². The van der Waals surface area contributed by atoms with Crippen molar-refractivity contribution in [1.82, 2.24) is 4.90 Å². The Labute approximate surface area is 189 Å². The molecule has 3 heterocycles. The molecule has 0 saturated carbocycles. The molecule has 0 radical (unpaired) electrons. The fraction of sp³-hybridized carbons (Fsp3) is 0.609. The Hall–Kier alpha value is -2.21. The van der Waals surface area contributed by atoms with Crippen molar-refractivity contribution >= 4 is 5.97 Å². The van der Waals surface area contributed by atoms with E-state index in [1.807, 2.05) is 12.1 Å². The van der Waals surface area contributed by atoms with Gasteiger partial charge in [-0.1, -0.05) is 18.2 Å². The minimum absolute atomic E-state index is 0.0610. The molecule has 1 spiro atoms. The molecular weight excluding hydrogens is 434 g/mol. The van der Waals surface area contributed by atoms with Crippen LogP contribution in [0.2, 0.25) is 0 Å². The Morgan fingerprint density at radius 1 is 1.18 bits per heavy atom. The lowest BCUT2D eigenvalue weighted by Crippen LogP contribution is -2.66. The number of aliphatic carboxylic acids is 1. The molecule has 33 heavy (non-hydrogen) atoms. The van der Waals surface area contributed by atoms with E-state index in [0.717, 1.165) is 30.5 Å². The molecule has 0 aromatic heterocycles. The zero-order valence-corrected chi connectivity index (χ0v) is 17.9. The molecule has 1 aromatic rings. The number of likely N-dealkylation sites (tertiary alicyclic amines) is 1. The molecule has 1 aromatic carbocycles. The molecule has 0 amide bonds. The molecule has 2 bridgehead atoms. The van der Waals surface area contributed by atoms with Crippen LogP contribution in [0.5, 0.6) is 11.5 Å². The first-order valence-corrected chi connectivity index (χ1v) is 11.2. The van der Waals surface area contributed by atoms with Crippen LogP contribution >= 0.6 is 0 Å². The number of phenols is 1. The zero-order valence-electron chi connectivity index (χ0n) is 17.9. The van der Waals surface area contributed by atoms with Gasteiger partial charge in [-0.2, -0.15) is 0 Å². The number of aliphatic hydroxyl groups excluding tert-OH is 3. The normalized spacial score (nSPS) is 45.4. The van der Waals surface area contributed by atoms with E-state index in [9.17, 15) is 30.3 Å². The molecule has 10 nitrogen and oxygen atoms in total. The van der Waals surface area contributed by atoms with Gasteiger partial charge in [0, 0.05) is 22.9 Å². The molecule has 5 N–H and O–H groups in total. The highest BCUT2D eigenvalue weighted by molar-refractivity contribution is 5.73. The van der Waals surface area contributed by atoms with Gasteiger partial charge in [0.2, 0.25) is 0 Å². The number of phenolic OH excluding ortho intramolecular Hbond substituents is 1. The number of ether oxygens (including phenoxy) is 3.